The molecule has 10 heteroatoms. The normalized spacial score (nSPS) is 11.1. The Kier molecular flexibility index (Phi) is 3.51. The van der Waals surface area contributed by atoms with E-state index in [1.165, 1.54) is 32.5 Å². The van der Waals surface area contributed by atoms with Crippen molar-refractivity contribution in [1.29, 1.82) is 0 Å². The number of nitrogens with one attached hydrogen (secondary N) is 2. The number of aromatic nitrogens is 4. The minimum Gasteiger partial charge on any atom is -0.481 e. The lowest BCUT2D eigenvalue weighted by molar-refractivity contribution is 0.373. The molecule has 0 saturated heterocycles. The number of ether oxygens (including phenoxy) is 2. The van der Waals surface area contributed by atoms with Crippen LogP contribution in [0.4, 0.5) is 5.95 Å². The van der Waals surface area contributed by atoms with Gasteiger partial charge in [-0.3, -0.25) is 5.10 Å². The van der Waals surface area contributed by atoms with E-state index in [-0.39, 0.29) is 22.7 Å². The van der Waals surface area contributed by atoms with Crippen LogP contribution in [0.1, 0.15) is 0 Å². The molecule has 0 amide bonds. The van der Waals surface area contributed by atoms with Gasteiger partial charge in [0.1, 0.15) is 0 Å². The summed E-state index contributed by atoms with van der Waals surface area (Å²) in [6, 6.07) is 2.73. The molecule has 0 bridgehead atoms. The van der Waals surface area contributed by atoms with E-state index in [9.17, 15) is 8.42 Å². The number of H-pyrrole nitrogens is 1. The molecule has 2 rings (SSSR count). The van der Waals surface area contributed by atoms with Crippen molar-refractivity contribution in [2.24, 2.45) is 0 Å². The molecule has 0 spiro atoms. The fourth-order valence-electron chi connectivity index (χ4n) is 1.23. The molecule has 2 aromatic rings. The molecule has 0 aliphatic heterocycles. The monoisotopic (exact) mass is 285 g/mol. The van der Waals surface area contributed by atoms with Crippen LogP contribution in [-0.4, -0.2) is 42.8 Å². The predicted molar refractivity (Wildman–Crippen MR) is 64.5 cm³/mol. The molecule has 0 saturated carbocycles. The maximum absolute atomic E-state index is 11.9. The molecular weight excluding hydrogens is 274 g/mol. The summed E-state index contributed by atoms with van der Waals surface area (Å²) >= 11 is 0. The third-order valence-electron chi connectivity index (χ3n) is 2.09. The number of rotatable bonds is 5. The summed E-state index contributed by atoms with van der Waals surface area (Å²) in [5, 5.41) is 5.80. The van der Waals surface area contributed by atoms with E-state index in [0.717, 1.165) is 0 Å². The molecule has 2 aromatic heterocycles. The summed E-state index contributed by atoms with van der Waals surface area (Å²) in [7, 11) is -1.03. The number of hydrogen-bond donors (Lipinski definition) is 2. The summed E-state index contributed by atoms with van der Waals surface area (Å²) in [6.45, 7) is 0. The summed E-state index contributed by atoms with van der Waals surface area (Å²) in [6.07, 6.45) is 1.32. The number of nitrogens with zero attached hydrogens (tertiary/aromatic N) is 3. The Labute approximate surface area is 109 Å². The Balaban J connectivity index is 2.33. The molecule has 2 heterocycles. The maximum atomic E-state index is 11.9. The molecule has 0 unspecified atom stereocenters. The van der Waals surface area contributed by atoms with E-state index in [1.807, 2.05) is 0 Å². The van der Waals surface area contributed by atoms with Crippen LogP contribution in [0.2, 0.25) is 0 Å². The minimum absolute atomic E-state index is 0.0992. The quantitative estimate of drug-likeness (QED) is 0.794. The van der Waals surface area contributed by atoms with Gasteiger partial charge in [0.15, 0.2) is 5.03 Å². The largest absolute Gasteiger partial charge is 0.481 e. The highest BCUT2D eigenvalue weighted by Gasteiger charge is 2.18. The third kappa shape index (κ3) is 2.91. The number of aromatic amines is 1. The maximum Gasteiger partial charge on any atom is 0.281 e. The van der Waals surface area contributed by atoms with Crippen LogP contribution >= 0.6 is 0 Å². The molecule has 0 atom stereocenters. The van der Waals surface area contributed by atoms with Crippen molar-refractivity contribution in [3.05, 3.63) is 18.3 Å². The van der Waals surface area contributed by atoms with Crippen molar-refractivity contribution >= 4 is 16.0 Å². The first kappa shape index (κ1) is 13.1. The van der Waals surface area contributed by atoms with Gasteiger partial charge in [-0.15, -0.1) is 0 Å². The zero-order valence-electron chi connectivity index (χ0n) is 10.1. The van der Waals surface area contributed by atoms with E-state index in [1.54, 1.807) is 0 Å². The van der Waals surface area contributed by atoms with Crippen molar-refractivity contribution in [2.75, 3.05) is 18.9 Å². The molecule has 0 fully saturated rings. The SMILES string of the molecule is COc1cc(OC)nc(NS(=O)(=O)c2ccn[nH]2)n1. The van der Waals surface area contributed by atoms with Crippen LogP contribution in [0.25, 0.3) is 0 Å². The number of sulfonamides is 1. The fraction of sp³-hybridized carbons (Fsp3) is 0.222. The summed E-state index contributed by atoms with van der Waals surface area (Å²) in [5.74, 6) is 0.189. The highest BCUT2D eigenvalue weighted by molar-refractivity contribution is 7.92. The van der Waals surface area contributed by atoms with Gasteiger partial charge in [-0.2, -0.15) is 23.5 Å². The molecule has 0 radical (unpaired) electrons. The van der Waals surface area contributed by atoms with E-state index < -0.39 is 10.0 Å². The zero-order chi connectivity index (χ0) is 13.9. The molecule has 19 heavy (non-hydrogen) atoms. The van der Waals surface area contributed by atoms with E-state index in [4.69, 9.17) is 9.47 Å². The summed E-state index contributed by atoms with van der Waals surface area (Å²) < 4.78 is 35.9. The minimum atomic E-state index is -3.82. The van der Waals surface area contributed by atoms with Crippen molar-refractivity contribution in [3.63, 3.8) is 0 Å². The predicted octanol–water partition coefficient (Wildman–Crippen LogP) is 0.0177. The molecule has 0 aliphatic carbocycles. The summed E-state index contributed by atoms with van der Waals surface area (Å²) in [4.78, 5) is 7.71. The Bertz CT molecular complexity index is 633. The smallest absolute Gasteiger partial charge is 0.281 e. The summed E-state index contributed by atoms with van der Waals surface area (Å²) in [5.41, 5.74) is 0. The van der Waals surface area contributed by atoms with Crippen LogP contribution in [0.15, 0.2) is 23.4 Å². The van der Waals surface area contributed by atoms with E-state index in [0.29, 0.717) is 0 Å². The van der Waals surface area contributed by atoms with Crippen LogP contribution in [0, 0.1) is 0 Å². The topological polar surface area (TPSA) is 119 Å². The molecule has 9 nitrogen and oxygen atoms in total. The van der Waals surface area contributed by atoms with Crippen LogP contribution in [0.3, 0.4) is 0 Å². The average Bonchev–Trinajstić information content (AvgIpc) is 2.92. The lowest BCUT2D eigenvalue weighted by Crippen LogP contribution is -2.16. The van der Waals surface area contributed by atoms with Crippen LogP contribution < -0.4 is 14.2 Å². The third-order valence-corrected chi connectivity index (χ3v) is 3.35. The van der Waals surface area contributed by atoms with Crippen molar-refractivity contribution in [3.8, 4) is 11.8 Å². The second kappa shape index (κ2) is 5.10. The number of methoxy groups -OCH3 is 2. The molecule has 2 N–H and O–H groups in total. The Morgan fingerprint density at radius 2 is 1.84 bits per heavy atom. The van der Waals surface area contributed by atoms with Gasteiger partial charge < -0.3 is 9.47 Å². The standard InChI is InChI=1S/C9H11N5O4S/c1-17-6-5-7(18-2)12-9(11-6)14-19(15,16)8-3-4-10-13-8/h3-5H,1-2H3,(H,10,13)(H,11,12,14). The highest BCUT2D eigenvalue weighted by atomic mass is 32.2. The second-order valence-electron chi connectivity index (χ2n) is 3.30. The van der Waals surface area contributed by atoms with Crippen molar-refractivity contribution < 1.29 is 17.9 Å². The second-order valence-corrected chi connectivity index (χ2v) is 4.95. The highest BCUT2D eigenvalue weighted by Crippen LogP contribution is 2.19. The van der Waals surface area contributed by atoms with Crippen LogP contribution in [-0.2, 0) is 10.0 Å². The van der Waals surface area contributed by atoms with Gasteiger partial charge in [-0.05, 0) is 6.07 Å². The number of hydrogen-bond acceptors (Lipinski definition) is 7. The Morgan fingerprint density at radius 1 is 1.21 bits per heavy atom. The Hall–Kier alpha value is -2.36. The molecule has 102 valence electrons. The van der Waals surface area contributed by atoms with Crippen LogP contribution in [0.5, 0.6) is 11.8 Å². The van der Waals surface area contributed by atoms with Gasteiger partial charge >= 0.3 is 0 Å². The average molecular weight is 285 g/mol. The lowest BCUT2D eigenvalue weighted by Gasteiger charge is -2.07. The molecule has 0 aliphatic rings. The van der Waals surface area contributed by atoms with Gasteiger partial charge in [0, 0.05) is 0 Å². The zero-order valence-corrected chi connectivity index (χ0v) is 10.9. The first-order valence-corrected chi connectivity index (χ1v) is 6.53. The van der Waals surface area contributed by atoms with Crippen molar-refractivity contribution in [2.45, 2.75) is 5.03 Å². The number of anilines is 1. The molecular formula is C9H11N5O4S. The van der Waals surface area contributed by atoms with Gasteiger partial charge in [0.2, 0.25) is 17.7 Å². The lowest BCUT2D eigenvalue weighted by atomic mass is 10.6. The van der Waals surface area contributed by atoms with E-state index in [2.05, 4.69) is 24.9 Å². The van der Waals surface area contributed by atoms with Gasteiger partial charge in [0.25, 0.3) is 10.0 Å². The van der Waals surface area contributed by atoms with Gasteiger partial charge in [-0.1, -0.05) is 0 Å². The molecule has 0 aromatic carbocycles. The van der Waals surface area contributed by atoms with Gasteiger partial charge in [0.05, 0.1) is 26.5 Å². The van der Waals surface area contributed by atoms with Gasteiger partial charge in [-0.25, -0.2) is 4.72 Å². The Morgan fingerprint density at radius 3 is 2.32 bits per heavy atom. The van der Waals surface area contributed by atoms with Crippen molar-refractivity contribution in [1.82, 2.24) is 20.2 Å². The van der Waals surface area contributed by atoms with E-state index >= 15 is 0 Å². The first-order valence-electron chi connectivity index (χ1n) is 5.04. The fourth-order valence-corrected chi connectivity index (χ4v) is 2.08. The first-order chi connectivity index (χ1) is 9.05.